The number of nitriles is 1. The second-order valence-corrected chi connectivity index (χ2v) is 4.71. The third-order valence-electron chi connectivity index (χ3n) is 3.46. The molecule has 1 aliphatic rings. The van der Waals surface area contributed by atoms with E-state index in [4.69, 9.17) is 5.26 Å². The summed E-state index contributed by atoms with van der Waals surface area (Å²) >= 11 is 0. The van der Waals surface area contributed by atoms with Crippen molar-refractivity contribution in [2.75, 3.05) is 36.0 Å². The lowest BCUT2D eigenvalue weighted by Gasteiger charge is -2.36. The molecule has 0 spiro atoms. The Morgan fingerprint density at radius 1 is 1.10 bits per heavy atom. The summed E-state index contributed by atoms with van der Waals surface area (Å²) in [6.07, 6.45) is 3.12. The highest BCUT2D eigenvalue weighted by Gasteiger charge is 2.21. The molecule has 1 saturated heterocycles. The van der Waals surface area contributed by atoms with E-state index in [2.05, 4.69) is 25.9 Å². The quantitative estimate of drug-likeness (QED) is 0.855. The smallest absolute Gasteiger partial charge is 0.249 e. The van der Waals surface area contributed by atoms with E-state index >= 15 is 0 Å². The number of piperazine rings is 1. The molecule has 0 unspecified atom stereocenters. The maximum atomic E-state index is 11.4. The van der Waals surface area contributed by atoms with Gasteiger partial charge in [0.25, 0.3) is 0 Å². The van der Waals surface area contributed by atoms with Gasteiger partial charge in [0.2, 0.25) is 5.56 Å². The minimum Gasteiger partial charge on any atom is -0.355 e. The summed E-state index contributed by atoms with van der Waals surface area (Å²) in [4.78, 5) is 26.6. The van der Waals surface area contributed by atoms with Gasteiger partial charge in [-0.2, -0.15) is 5.26 Å². The first-order valence-electron chi connectivity index (χ1n) is 6.68. The summed E-state index contributed by atoms with van der Waals surface area (Å²) in [7, 11) is 0. The van der Waals surface area contributed by atoms with E-state index in [1.165, 1.54) is 12.3 Å². The number of H-pyrrole nitrogens is 1. The van der Waals surface area contributed by atoms with Crippen molar-refractivity contribution in [2.45, 2.75) is 0 Å². The molecule has 2 aromatic heterocycles. The summed E-state index contributed by atoms with van der Waals surface area (Å²) in [5.41, 5.74) is 0.245. The predicted molar refractivity (Wildman–Crippen MR) is 78.2 cm³/mol. The highest BCUT2D eigenvalue weighted by atomic mass is 16.1. The zero-order chi connectivity index (χ0) is 14.7. The van der Waals surface area contributed by atoms with Gasteiger partial charge in [0, 0.05) is 44.6 Å². The van der Waals surface area contributed by atoms with Crippen LogP contribution >= 0.6 is 0 Å². The van der Waals surface area contributed by atoms with Crippen LogP contribution in [0.2, 0.25) is 0 Å². The fourth-order valence-electron chi connectivity index (χ4n) is 2.42. The number of nitrogens with one attached hydrogen (secondary N) is 1. The number of hydrogen-bond acceptors (Lipinski definition) is 6. The molecule has 1 N–H and O–H groups in total. The Morgan fingerprint density at radius 2 is 1.81 bits per heavy atom. The number of rotatable bonds is 2. The van der Waals surface area contributed by atoms with E-state index in [0.29, 0.717) is 11.5 Å². The first kappa shape index (κ1) is 13.1. The van der Waals surface area contributed by atoms with E-state index in [9.17, 15) is 4.79 Å². The Balaban J connectivity index is 1.74. The lowest BCUT2D eigenvalue weighted by molar-refractivity contribution is 0.639. The molecule has 3 heterocycles. The van der Waals surface area contributed by atoms with Gasteiger partial charge in [-0.25, -0.2) is 9.97 Å². The monoisotopic (exact) mass is 282 g/mol. The van der Waals surface area contributed by atoms with Gasteiger partial charge < -0.3 is 14.8 Å². The van der Waals surface area contributed by atoms with Crippen LogP contribution in [-0.4, -0.2) is 41.1 Å². The van der Waals surface area contributed by atoms with Gasteiger partial charge in [0.1, 0.15) is 11.9 Å². The molecule has 2 aromatic rings. The fourth-order valence-corrected chi connectivity index (χ4v) is 2.42. The van der Waals surface area contributed by atoms with Gasteiger partial charge in [0.05, 0.1) is 0 Å². The maximum absolute atomic E-state index is 11.4. The molecule has 7 heteroatoms. The van der Waals surface area contributed by atoms with Crippen molar-refractivity contribution in [3.05, 3.63) is 46.6 Å². The van der Waals surface area contributed by atoms with Gasteiger partial charge in [-0.05, 0) is 6.07 Å². The number of aromatic nitrogens is 3. The van der Waals surface area contributed by atoms with Crippen LogP contribution in [0.4, 0.5) is 11.6 Å². The highest BCUT2D eigenvalue weighted by molar-refractivity contribution is 5.51. The Kier molecular flexibility index (Phi) is 3.51. The molecule has 7 nitrogen and oxygen atoms in total. The molecule has 0 aliphatic carbocycles. The molecule has 1 fully saturated rings. The van der Waals surface area contributed by atoms with Crippen LogP contribution in [0, 0.1) is 11.3 Å². The molecular weight excluding hydrogens is 268 g/mol. The Hall–Kier alpha value is -2.88. The van der Waals surface area contributed by atoms with Crippen molar-refractivity contribution in [3.8, 4) is 6.07 Å². The molecule has 0 aromatic carbocycles. The summed E-state index contributed by atoms with van der Waals surface area (Å²) in [5, 5.41) is 9.08. The van der Waals surface area contributed by atoms with Gasteiger partial charge >= 0.3 is 0 Å². The van der Waals surface area contributed by atoms with Crippen LogP contribution in [0.1, 0.15) is 5.69 Å². The van der Waals surface area contributed by atoms with Gasteiger partial charge in [-0.1, -0.05) is 6.07 Å². The Labute approximate surface area is 121 Å². The van der Waals surface area contributed by atoms with E-state index in [1.807, 2.05) is 11.0 Å². The van der Waals surface area contributed by atoms with E-state index < -0.39 is 0 Å². The first-order valence-corrected chi connectivity index (χ1v) is 6.68. The molecule has 0 saturated carbocycles. The van der Waals surface area contributed by atoms with Crippen molar-refractivity contribution in [1.82, 2.24) is 15.0 Å². The maximum Gasteiger partial charge on any atom is 0.249 e. The number of nitrogens with zero attached hydrogens (tertiary/aromatic N) is 5. The summed E-state index contributed by atoms with van der Waals surface area (Å²) in [6.45, 7) is 2.96. The van der Waals surface area contributed by atoms with Gasteiger partial charge in [-0.3, -0.25) is 4.79 Å². The summed E-state index contributed by atoms with van der Waals surface area (Å²) in [5.74, 6) is 1.45. The van der Waals surface area contributed by atoms with Crippen LogP contribution in [0.5, 0.6) is 0 Å². The number of aromatic amines is 1. The number of hydrogen-bond donors (Lipinski definition) is 1. The zero-order valence-electron chi connectivity index (χ0n) is 11.4. The Bertz CT molecular complexity index is 726. The highest BCUT2D eigenvalue weighted by Crippen LogP contribution is 2.18. The molecule has 0 radical (unpaired) electrons. The molecular formula is C14H14N6O. The first-order chi connectivity index (χ1) is 10.3. The molecule has 3 rings (SSSR count). The molecule has 106 valence electrons. The standard InChI is InChI=1S/C14H14N6O/c15-10-11-14(17-5-4-16-11)20-8-6-19(7-9-20)12-2-1-3-13(21)18-12/h1-5H,6-9H2,(H,18,21). The van der Waals surface area contributed by atoms with E-state index in [-0.39, 0.29) is 5.56 Å². The van der Waals surface area contributed by atoms with Crippen molar-refractivity contribution in [1.29, 1.82) is 5.26 Å². The van der Waals surface area contributed by atoms with Crippen LogP contribution in [-0.2, 0) is 0 Å². The van der Waals surface area contributed by atoms with Gasteiger partial charge in [-0.15, -0.1) is 0 Å². The molecule has 0 atom stereocenters. The number of pyridine rings is 1. The lowest BCUT2D eigenvalue weighted by atomic mass is 10.3. The van der Waals surface area contributed by atoms with Crippen LogP contribution in [0.25, 0.3) is 0 Å². The second kappa shape index (κ2) is 5.63. The van der Waals surface area contributed by atoms with Crippen LogP contribution < -0.4 is 15.4 Å². The Morgan fingerprint density at radius 3 is 2.52 bits per heavy atom. The van der Waals surface area contributed by atoms with Crippen LogP contribution in [0.15, 0.2) is 35.4 Å². The SMILES string of the molecule is N#Cc1nccnc1N1CCN(c2cccc(=O)[nH]2)CC1. The largest absolute Gasteiger partial charge is 0.355 e. The molecule has 21 heavy (non-hydrogen) atoms. The van der Waals surface area contributed by atoms with Crippen molar-refractivity contribution in [3.63, 3.8) is 0 Å². The molecule has 1 aliphatic heterocycles. The average Bonchev–Trinajstić information content (AvgIpc) is 2.55. The van der Waals surface area contributed by atoms with Crippen molar-refractivity contribution >= 4 is 11.6 Å². The van der Waals surface area contributed by atoms with E-state index in [0.717, 1.165) is 32.0 Å². The zero-order valence-corrected chi connectivity index (χ0v) is 11.4. The third-order valence-corrected chi connectivity index (χ3v) is 3.46. The minimum atomic E-state index is -0.101. The lowest BCUT2D eigenvalue weighted by Crippen LogP contribution is -2.47. The van der Waals surface area contributed by atoms with Crippen LogP contribution in [0.3, 0.4) is 0 Å². The summed E-state index contributed by atoms with van der Waals surface area (Å²) in [6, 6.07) is 7.20. The van der Waals surface area contributed by atoms with Crippen molar-refractivity contribution < 1.29 is 0 Å². The summed E-state index contributed by atoms with van der Waals surface area (Å²) < 4.78 is 0. The second-order valence-electron chi connectivity index (χ2n) is 4.71. The van der Waals surface area contributed by atoms with Crippen molar-refractivity contribution in [2.24, 2.45) is 0 Å². The molecule has 0 amide bonds. The fraction of sp³-hybridized carbons (Fsp3) is 0.286. The topological polar surface area (TPSA) is 88.9 Å². The van der Waals surface area contributed by atoms with E-state index in [1.54, 1.807) is 12.3 Å². The molecule has 0 bridgehead atoms. The third kappa shape index (κ3) is 2.69. The van der Waals surface area contributed by atoms with Gasteiger partial charge in [0.15, 0.2) is 11.5 Å². The average molecular weight is 282 g/mol. The predicted octanol–water partition coefficient (Wildman–Crippen LogP) is 0.363. The minimum absolute atomic E-state index is 0.101. The number of anilines is 2. The normalized spacial score (nSPS) is 14.8.